The maximum atomic E-state index is 9.70. The van der Waals surface area contributed by atoms with E-state index in [1.54, 1.807) is 18.5 Å². The Morgan fingerprint density at radius 1 is 1.38 bits per heavy atom. The Hall–Kier alpha value is -0.960. The van der Waals surface area contributed by atoms with Crippen molar-refractivity contribution < 1.29 is 5.11 Å². The van der Waals surface area contributed by atoms with E-state index in [1.807, 2.05) is 0 Å². The fraction of sp³-hybridized carbons (Fsp3) is 0.600. The predicted molar refractivity (Wildman–Crippen MR) is 51.1 cm³/mol. The van der Waals surface area contributed by atoms with Crippen molar-refractivity contribution in [2.24, 2.45) is 5.92 Å². The average Bonchev–Trinajstić information content (AvgIpc) is 2.19. The summed E-state index contributed by atoms with van der Waals surface area (Å²) in [5, 5.41) is 9.70. The van der Waals surface area contributed by atoms with Gasteiger partial charge in [0.1, 0.15) is 6.10 Å². The fourth-order valence-corrected chi connectivity index (χ4v) is 1.14. The Kier molecular flexibility index (Phi) is 3.83. The summed E-state index contributed by atoms with van der Waals surface area (Å²) in [6.45, 7) is 4.23. The van der Waals surface area contributed by atoms with Crippen LogP contribution in [0.15, 0.2) is 18.5 Å². The highest BCUT2D eigenvalue weighted by atomic mass is 16.3. The van der Waals surface area contributed by atoms with Crippen molar-refractivity contribution >= 4 is 0 Å². The molecule has 0 aliphatic carbocycles. The first-order valence-electron chi connectivity index (χ1n) is 4.69. The summed E-state index contributed by atoms with van der Waals surface area (Å²) >= 11 is 0. The smallest absolute Gasteiger partial charge is 0.156 e. The highest BCUT2D eigenvalue weighted by molar-refractivity contribution is 4.92. The molecular weight excluding hydrogens is 164 g/mol. The first-order valence-corrected chi connectivity index (χ1v) is 4.69. The number of hydrogen-bond acceptors (Lipinski definition) is 3. The summed E-state index contributed by atoms with van der Waals surface area (Å²) in [7, 11) is 0. The van der Waals surface area contributed by atoms with Gasteiger partial charge in [-0.1, -0.05) is 20.3 Å². The average molecular weight is 180 g/mol. The SMILES string of the molecule is CCC(C)CC(O)c1ncccn1. The number of rotatable bonds is 4. The van der Waals surface area contributed by atoms with Crippen LogP contribution in [-0.4, -0.2) is 15.1 Å². The third kappa shape index (κ3) is 3.11. The third-order valence-corrected chi connectivity index (χ3v) is 2.21. The summed E-state index contributed by atoms with van der Waals surface area (Å²) in [4.78, 5) is 8.01. The summed E-state index contributed by atoms with van der Waals surface area (Å²) in [6, 6.07) is 1.75. The van der Waals surface area contributed by atoms with Crippen molar-refractivity contribution in [1.29, 1.82) is 0 Å². The van der Waals surface area contributed by atoms with Crippen LogP contribution in [0.4, 0.5) is 0 Å². The molecule has 0 spiro atoms. The largest absolute Gasteiger partial charge is 0.385 e. The van der Waals surface area contributed by atoms with Gasteiger partial charge in [0.2, 0.25) is 0 Å². The second kappa shape index (κ2) is 4.92. The number of nitrogens with zero attached hydrogens (tertiary/aromatic N) is 2. The molecule has 2 atom stereocenters. The lowest BCUT2D eigenvalue weighted by Gasteiger charge is -2.12. The molecule has 0 saturated carbocycles. The van der Waals surface area contributed by atoms with Crippen LogP contribution in [0.5, 0.6) is 0 Å². The molecule has 0 amide bonds. The first-order chi connectivity index (χ1) is 6.24. The highest BCUT2D eigenvalue weighted by Crippen LogP contribution is 2.19. The molecule has 0 saturated heterocycles. The van der Waals surface area contributed by atoms with Crippen molar-refractivity contribution in [2.45, 2.75) is 32.8 Å². The van der Waals surface area contributed by atoms with Gasteiger partial charge in [0, 0.05) is 12.4 Å². The zero-order valence-electron chi connectivity index (χ0n) is 8.14. The normalized spacial score (nSPS) is 15.3. The summed E-state index contributed by atoms with van der Waals surface area (Å²) in [6.07, 6.45) is 4.60. The molecule has 0 aliphatic rings. The molecule has 72 valence electrons. The topological polar surface area (TPSA) is 46.0 Å². The highest BCUT2D eigenvalue weighted by Gasteiger charge is 2.12. The van der Waals surface area contributed by atoms with Crippen LogP contribution in [0.1, 0.15) is 38.6 Å². The van der Waals surface area contributed by atoms with Crippen LogP contribution in [0, 0.1) is 5.92 Å². The molecule has 0 bridgehead atoms. The standard InChI is InChI=1S/C10H16N2O/c1-3-8(2)7-9(13)10-11-5-4-6-12-10/h4-6,8-9,13H,3,7H2,1-2H3. The monoisotopic (exact) mass is 180 g/mol. The van der Waals surface area contributed by atoms with E-state index >= 15 is 0 Å². The van der Waals surface area contributed by atoms with E-state index in [9.17, 15) is 5.11 Å². The van der Waals surface area contributed by atoms with E-state index in [0.29, 0.717) is 11.7 Å². The van der Waals surface area contributed by atoms with Crippen molar-refractivity contribution in [2.75, 3.05) is 0 Å². The maximum absolute atomic E-state index is 9.70. The second-order valence-electron chi connectivity index (χ2n) is 3.37. The quantitative estimate of drug-likeness (QED) is 0.770. The van der Waals surface area contributed by atoms with Crippen molar-refractivity contribution in [3.8, 4) is 0 Å². The van der Waals surface area contributed by atoms with E-state index in [1.165, 1.54) is 0 Å². The van der Waals surface area contributed by atoms with Crippen LogP contribution >= 0.6 is 0 Å². The molecule has 3 heteroatoms. The zero-order chi connectivity index (χ0) is 9.68. The number of aliphatic hydroxyl groups excluding tert-OH is 1. The van der Waals surface area contributed by atoms with Crippen LogP contribution in [0.3, 0.4) is 0 Å². The minimum absolute atomic E-state index is 0.513. The Labute approximate surface area is 78.9 Å². The Balaban J connectivity index is 2.53. The number of aromatic nitrogens is 2. The van der Waals surface area contributed by atoms with Gasteiger partial charge < -0.3 is 5.11 Å². The summed E-state index contributed by atoms with van der Waals surface area (Å²) in [5.74, 6) is 1.04. The lowest BCUT2D eigenvalue weighted by Crippen LogP contribution is -2.07. The van der Waals surface area contributed by atoms with E-state index in [2.05, 4.69) is 23.8 Å². The molecule has 0 aliphatic heterocycles. The number of aliphatic hydroxyl groups is 1. The molecule has 0 radical (unpaired) electrons. The zero-order valence-corrected chi connectivity index (χ0v) is 8.14. The van der Waals surface area contributed by atoms with Crippen molar-refractivity contribution in [1.82, 2.24) is 9.97 Å². The van der Waals surface area contributed by atoms with Crippen molar-refractivity contribution in [3.05, 3.63) is 24.3 Å². The Bertz CT molecular complexity index is 238. The molecule has 13 heavy (non-hydrogen) atoms. The van der Waals surface area contributed by atoms with Crippen LogP contribution in [-0.2, 0) is 0 Å². The molecule has 2 unspecified atom stereocenters. The fourth-order valence-electron chi connectivity index (χ4n) is 1.14. The van der Waals surface area contributed by atoms with E-state index < -0.39 is 6.10 Å². The first kappa shape index (κ1) is 10.1. The summed E-state index contributed by atoms with van der Waals surface area (Å²) in [5.41, 5.74) is 0. The molecule has 1 aromatic rings. The minimum atomic E-state index is -0.517. The van der Waals surface area contributed by atoms with Crippen LogP contribution in [0.25, 0.3) is 0 Å². The van der Waals surface area contributed by atoms with Gasteiger partial charge in [0.25, 0.3) is 0 Å². The van der Waals surface area contributed by atoms with E-state index in [-0.39, 0.29) is 0 Å². The summed E-state index contributed by atoms with van der Waals surface area (Å²) < 4.78 is 0. The Morgan fingerprint density at radius 2 is 2.00 bits per heavy atom. The molecule has 1 heterocycles. The molecule has 3 nitrogen and oxygen atoms in total. The molecular formula is C10H16N2O. The molecule has 0 aromatic carbocycles. The van der Waals surface area contributed by atoms with Gasteiger partial charge in [-0.25, -0.2) is 9.97 Å². The minimum Gasteiger partial charge on any atom is -0.385 e. The van der Waals surface area contributed by atoms with Gasteiger partial charge in [-0.3, -0.25) is 0 Å². The van der Waals surface area contributed by atoms with Gasteiger partial charge in [-0.15, -0.1) is 0 Å². The lowest BCUT2D eigenvalue weighted by atomic mass is 10.0. The predicted octanol–water partition coefficient (Wildman–Crippen LogP) is 1.95. The molecule has 1 N–H and O–H groups in total. The molecule has 0 fully saturated rings. The second-order valence-corrected chi connectivity index (χ2v) is 3.37. The van der Waals surface area contributed by atoms with Crippen molar-refractivity contribution in [3.63, 3.8) is 0 Å². The van der Waals surface area contributed by atoms with E-state index in [0.717, 1.165) is 12.8 Å². The van der Waals surface area contributed by atoms with Crippen LogP contribution in [0.2, 0.25) is 0 Å². The molecule has 1 aromatic heterocycles. The van der Waals surface area contributed by atoms with Gasteiger partial charge in [-0.2, -0.15) is 0 Å². The number of hydrogen-bond donors (Lipinski definition) is 1. The maximum Gasteiger partial charge on any atom is 0.156 e. The van der Waals surface area contributed by atoms with Gasteiger partial charge in [0.15, 0.2) is 5.82 Å². The van der Waals surface area contributed by atoms with Gasteiger partial charge >= 0.3 is 0 Å². The lowest BCUT2D eigenvalue weighted by molar-refractivity contribution is 0.137. The Morgan fingerprint density at radius 3 is 2.54 bits per heavy atom. The van der Waals surface area contributed by atoms with E-state index in [4.69, 9.17) is 0 Å². The van der Waals surface area contributed by atoms with Gasteiger partial charge in [0.05, 0.1) is 0 Å². The van der Waals surface area contributed by atoms with Gasteiger partial charge in [-0.05, 0) is 18.4 Å². The molecule has 1 rings (SSSR count). The third-order valence-electron chi connectivity index (χ3n) is 2.21. The van der Waals surface area contributed by atoms with Crippen LogP contribution < -0.4 is 0 Å².